The predicted octanol–water partition coefficient (Wildman–Crippen LogP) is 2.83. The summed E-state index contributed by atoms with van der Waals surface area (Å²) in [4.78, 5) is 0. The van der Waals surface area contributed by atoms with Crippen molar-refractivity contribution < 1.29 is 4.74 Å². The van der Waals surface area contributed by atoms with Crippen LogP contribution in [0.4, 0.5) is 0 Å². The molecule has 0 spiro atoms. The highest BCUT2D eigenvalue weighted by atomic mass is 16.5. The lowest BCUT2D eigenvalue weighted by Gasteiger charge is -2.19. The number of ether oxygens (including phenoxy) is 1. The molecule has 0 radical (unpaired) electrons. The highest BCUT2D eigenvalue weighted by Gasteiger charge is 2.20. The van der Waals surface area contributed by atoms with E-state index >= 15 is 0 Å². The summed E-state index contributed by atoms with van der Waals surface area (Å²) in [6.45, 7) is 9.86. The maximum absolute atomic E-state index is 5.59. The molecule has 0 saturated heterocycles. The van der Waals surface area contributed by atoms with Crippen molar-refractivity contribution in [2.75, 3.05) is 19.8 Å². The van der Waals surface area contributed by atoms with Crippen molar-refractivity contribution in [2.45, 2.75) is 52.5 Å². The Labute approximate surface area is 94.8 Å². The van der Waals surface area contributed by atoms with Crippen LogP contribution in [0.3, 0.4) is 0 Å². The fourth-order valence-electron chi connectivity index (χ4n) is 1.59. The molecule has 1 N–H and O–H groups in total. The van der Waals surface area contributed by atoms with E-state index in [1.807, 2.05) is 0 Å². The summed E-state index contributed by atoms with van der Waals surface area (Å²) in [6, 6.07) is 0.637. The van der Waals surface area contributed by atoms with Crippen LogP contribution >= 0.6 is 0 Å². The topological polar surface area (TPSA) is 21.3 Å². The lowest BCUT2D eigenvalue weighted by molar-refractivity contribution is 0.121. The minimum atomic E-state index is 0.637. The fraction of sp³-hybridized carbons (Fsp3) is 1.00. The number of nitrogens with one attached hydrogen (secondary N) is 1. The normalized spacial score (nSPS) is 20.2. The van der Waals surface area contributed by atoms with Gasteiger partial charge in [-0.15, -0.1) is 0 Å². The van der Waals surface area contributed by atoms with Gasteiger partial charge in [0.2, 0.25) is 0 Å². The molecule has 0 aromatic rings. The molecular formula is C13H27NO. The van der Waals surface area contributed by atoms with E-state index in [0.717, 1.165) is 38.0 Å². The summed E-state index contributed by atoms with van der Waals surface area (Å²) in [5.74, 6) is 1.68. The Morgan fingerprint density at radius 3 is 2.67 bits per heavy atom. The van der Waals surface area contributed by atoms with Gasteiger partial charge >= 0.3 is 0 Å². The van der Waals surface area contributed by atoms with Gasteiger partial charge in [-0.3, -0.25) is 0 Å². The number of hydrogen-bond donors (Lipinski definition) is 1. The van der Waals surface area contributed by atoms with Crippen LogP contribution in [0.15, 0.2) is 0 Å². The van der Waals surface area contributed by atoms with E-state index in [1.165, 1.54) is 19.3 Å². The molecule has 0 aromatic carbocycles. The summed E-state index contributed by atoms with van der Waals surface area (Å²) in [5.41, 5.74) is 0. The maximum atomic E-state index is 5.59. The van der Waals surface area contributed by atoms with Crippen molar-refractivity contribution in [1.29, 1.82) is 0 Å². The van der Waals surface area contributed by atoms with E-state index in [1.54, 1.807) is 0 Å². The van der Waals surface area contributed by atoms with Crippen LogP contribution in [-0.4, -0.2) is 25.8 Å². The largest absolute Gasteiger partial charge is 0.381 e. The van der Waals surface area contributed by atoms with E-state index in [2.05, 4.69) is 26.1 Å². The molecule has 2 unspecified atom stereocenters. The highest BCUT2D eigenvalue weighted by Crippen LogP contribution is 2.28. The second kappa shape index (κ2) is 7.24. The Kier molecular flexibility index (Phi) is 6.26. The lowest BCUT2D eigenvalue weighted by atomic mass is 10.0. The molecule has 0 aliphatic heterocycles. The first kappa shape index (κ1) is 13.0. The first-order valence-electron chi connectivity index (χ1n) is 6.55. The van der Waals surface area contributed by atoms with Gasteiger partial charge in [0.05, 0.1) is 0 Å². The van der Waals surface area contributed by atoms with Gasteiger partial charge in [-0.25, -0.2) is 0 Å². The molecule has 0 aromatic heterocycles. The third-order valence-corrected chi connectivity index (χ3v) is 3.48. The van der Waals surface area contributed by atoms with Crippen LogP contribution in [0.25, 0.3) is 0 Å². The Hall–Kier alpha value is -0.0800. The van der Waals surface area contributed by atoms with Gasteiger partial charge in [0, 0.05) is 19.3 Å². The van der Waals surface area contributed by atoms with Crippen LogP contribution < -0.4 is 5.32 Å². The molecule has 0 amide bonds. The first-order chi connectivity index (χ1) is 7.24. The third-order valence-electron chi connectivity index (χ3n) is 3.48. The summed E-state index contributed by atoms with van der Waals surface area (Å²) in [5, 5.41) is 3.56. The van der Waals surface area contributed by atoms with Gasteiger partial charge in [0.25, 0.3) is 0 Å². The SMILES string of the molecule is CCC(C)C(C)NCCCOCC1CC1. The quantitative estimate of drug-likeness (QED) is 0.595. The second-order valence-corrected chi connectivity index (χ2v) is 5.00. The molecule has 15 heavy (non-hydrogen) atoms. The average Bonchev–Trinajstić information content (AvgIpc) is 3.05. The molecule has 1 aliphatic rings. The van der Waals surface area contributed by atoms with Gasteiger partial charge in [-0.05, 0) is 44.6 Å². The second-order valence-electron chi connectivity index (χ2n) is 5.00. The standard InChI is InChI=1S/C13H27NO/c1-4-11(2)12(3)14-8-5-9-15-10-13-6-7-13/h11-14H,4-10H2,1-3H3. The van der Waals surface area contributed by atoms with Gasteiger partial charge in [-0.2, -0.15) is 0 Å². The third kappa shape index (κ3) is 6.16. The van der Waals surface area contributed by atoms with Crippen LogP contribution in [0, 0.1) is 11.8 Å². The maximum Gasteiger partial charge on any atom is 0.0494 e. The van der Waals surface area contributed by atoms with Crippen molar-refractivity contribution in [1.82, 2.24) is 5.32 Å². The van der Waals surface area contributed by atoms with E-state index in [0.29, 0.717) is 6.04 Å². The molecule has 1 aliphatic carbocycles. The van der Waals surface area contributed by atoms with Crippen molar-refractivity contribution >= 4 is 0 Å². The highest BCUT2D eigenvalue weighted by molar-refractivity contribution is 4.72. The molecule has 2 heteroatoms. The van der Waals surface area contributed by atoms with E-state index in [4.69, 9.17) is 4.74 Å². The lowest BCUT2D eigenvalue weighted by Crippen LogP contribution is -2.33. The molecule has 2 nitrogen and oxygen atoms in total. The van der Waals surface area contributed by atoms with Crippen LogP contribution in [-0.2, 0) is 4.74 Å². The summed E-state index contributed by atoms with van der Waals surface area (Å²) >= 11 is 0. The molecule has 2 atom stereocenters. The molecular weight excluding hydrogens is 186 g/mol. The molecule has 0 bridgehead atoms. The van der Waals surface area contributed by atoms with Gasteiger partial charge in [0.15, 0.2) is 0 Å². The van der Waals surface area contributed by atoms with Crippen molar-refractivity contribution in [3.8, 4) is 0 Å². The van der Waals surface area contributed by atoms with Gasteiger partial charge in [0.1, 0.15) is 0 Å². The van der Waals surface area contributed by atoms with Crippen molar-refractivity contribution in [3.05, 3.63) is 0 Å². The minimum absolute atomic E-state index is 0.637. The Morgan fingerprint density at radius 1 is 1.33 bits per heavy atom. The summed E-state index contributed by atoms with van der Waals surface area (Å²) in [6.07, 6.45) is 5.19. The zero-order chi connectivity index (χ0) is 11.1. The minimum Gasteiger partial charge on any atom is -0.381 e. The van der Waals surface area contributed by atoms with E-state index in [-0.39, 0.29) is 0 Å². The van der Waals surface area contributed by atoms with Gasteiger partial charge in [-0.1, -0.05) is 20.3 Å². The monoisotopic (exact) mass is 213 g/mol. The van der Waals surface area contributed by atoms with Crippen LogP contribution in [0.5, 0.6) is 0 Å². The van der Waals surface area contributed by atoms with Crippen LogP contribution in [0.2, 0.25) is 0 Å². The Bertz CT molecular complexity index is 157. The fourth-order valence-corrected chi connectivity index (χ4v) is 1.59. The number of rotatable bonds is 9. The molecule has 1 fully saturated rings. The van der Waals surface area contributed by atoms with E-state index in [9.17, 15) is 0 Å². The molecule has 1 rings (SSSR count). The predicted molar refractivity (Wildman–Crippen MR) is 65.1 cm³/mol. The van der Waals surface area contributed by atoms with Gasteiger partial charge < -0.3 is 10.1 Å². The summed E-state index contributed by atoms with van der Waals surface area (Å²) < 4.78 is 5.59. The summed E-state index contributed by atoms with van der Waals surface area (Å²) in [7, 11) is 0. The zero-order valence-corrected chi connectivity index (χ0v) is 10.6. The van der Waals surface area contributed by atoms with Crippen LogP contribution in [0.1, 0.15) is 46.5 Å². The Balaban J connectivity index is 1.82. The molecule has 90 valence electrons. The molecule has 0 heterocycles. The number of hydrogen-bond acceptors (Lipinski definition) is 2. The van der Waals surface area contributed by atoms with Crippen molar-refractivity contribution in [2.24, 2.45) is 11.8 Å². The molecule has 1 saturated carbocycles. The first-order valence-corrected chi connectivity index (χ1v) is 6.55. The zero-order valence-electron chi connectivity index (χ0n) is 10.6. The smallest absolute Gasteiger partial charge is 0.0494 e. The van der Waals surface area contributed by atoms with E-state index < -0.39 is 0 Å². The Morgan fingerprint density at radius 2 is 2.07 bits per heavy atom. The average molecular weight is 213 g/mol. The van der Waals surface area contributed by atoms with Crippen molar-refractivity contribution in [3.63, 3.8) is 0 Å².